The van der Waals surface area contributed by atoms with Crippen LogP contribution < -0.4 is 4.90 Å². The number of hydrogen-bond acceptors (Lipinski definition) is 5. The summed E-state index contributed by atoms with van der Waals surface area (Å²) in [6, 6.07) is 0. The van der Waals surface area contributed by atoms with Crippen molar-refractivity contribution >= 4 is 28.1 Å². The van der Waals surface area contributed by atoms with Crippen LogP contribution in [-0.4, -0.2) is 36.6 Å². The van der Waals surface area contributed by atoms with Gasteiger partial charge in [0.2, 0.25) is 0 Å². The van der Waals surface area contributed by atoms with Gasteiger partial charge in [0, 0.05) is 37.1 Å². The number of nitrogens with zero attached hydrogens (tertiary/aromatic N) is 5. The largest absolute Gasteiger partial charge is 0.476 e. The predicted molar refractivity (Wildman–Crippen MR) is 73.3 cm³/mol. The molecule has 1 aliphatic rings. The van der Waals surface area contributed by atoms with Crippen molar-refractivity contribution in [2.75, 3.05) is 11.4 Å². The van der Waals surface area contributed by atoms with Crippen LogP contribution in [0.5, 0.6) is 0 Å². The van der Waals surface area contributed by atoms with Crippen molar-refractivity contribution in [3.8, 4) is 0 Å². The molecule has 3 aromatic rings. The van der Waals surface area contributed by atoms with Crippen LogP contribution in [0, 0.1) is 0 Å². The lowest BCUT2D eigenvalue weighted by molar-refractivity contribution is 0.0690. The normalized spacial score (nSPS) is 14.7. The van der Waals surface area contributed by atoms with Crippen LogP contribution in [0.3, 0.4) is 0 Å². The fourth-order valence-corrected chi connectivity index (χ4v) is 3.26. The quantitative estimate of drug-likeness (QED) is 0.770. The van der Waals surface area contributed by atoms with Gasteiger partial charge in [-0.15, -0.1) is 11.3 Å². The van der Waals surface area contributed by atoms with E-state index in [0.29, 0.717) is 17.3 Å². The first-order chi connectivity index (χ1) is 9.74. The molecule has 0 radical (unpaired) electrons. The topological polar surface area (TPSA) is 75.7 Å². The summed E-state index contributed by atoms with van der Waals surface area (Å²) in [7, 11) is 0. The van der Waals surface area contributed by atoms with E-state index >= 15 is 0 Å². The minimum absolute atomic E-state index is 0.223. The van der Waals surface area contributed by atoms with Crippen LogP contribution in [0.2, 0.25) is 0 Å². The van der Waals surface area contributed by atoms with E-state index in [-0.39, 0.29) is 5.69 Å². The standard InChI is InChI=1S/C12H11N5O2S/c18-11(19)9-10(14-12-17(9)5-6-20-12)16-4-3-15-2-1-13-8(15)7-16/h1-2,5-6H,3-4,7H2,(H,18,19). The van der Waals surface area contributed by atoms with Crippen LogP contribution in [0.15, 0.2) is 24.0 Å². The van der Waals surface area contributed by atoms with Crippen LogP contribution in [0.25, 0.3) is 4.96 Å². The van der Waals surface area contributed by atoms with Gasteiger partial charge >= 0.3 is 5.97 Å². The number of imidazole rings is 2. The fraction of sp³-hybridized carbons (Fsp3) is 0.250. The summed E-state index contributed by atoms with van der Waals surface area (Å²) >= 11 is 1.43. The number of thiazole rings is 1. The van der Waals surface area contributed by atoms with E-state index in [1.54, 1.807) is 16.8 Å². The molecule has 8 heteroatoms. The zero-order chi connectivity index (χ0) is 13.7. The summed E-state index contributed by atoms with van der Waals surface area (Å²) in [5, 5.41) is 11.3. The van der Waals surface area contributed by atoms with Crippen molar-refractivity contribution in [3.05, 3.63) is 35.5 Å². The third-order valence-corrected chi connectivity index (χ3v) is 4.25. The molecule has 3 aromatic heterocycles. The maximum atomic E-state index is 11.5. The first-order valence-corrected chi connectivity index (χ1v) is 7.06. The molecular formula is C12H11N5O2S. The summed E-state index contributed by atoms with van der Waals surface area (Å²) in [5.74, 6) is 0.502. The number of anilines is 1. The highest BCUT2D eigenvalue weighted by atomic mass is 32.1. The fourth-order valence-electron chi connectivity index (χ4n) is 2.55. The molecule has 20 heavy (non-hydrogen) atoms. The summed E-state index contributed by atoms with van der Waals surface area (Å²) in [6.07, 6.45) is 5.45. The Morgan fingerprint density at radius 1 is 1.35 bits per heavy atom. The van der Waals surface area contributed by atoms with Crippen molar-refractivity contribution < 1.29 is 9.90 Å². The first-order valence-electron chi connectivity index (χ1n) is 6.18. The van der Waals surface area contributed by atoms with Gasteiger partial charge in [0.25, 0.3) is 0 Å². The van der Waals surface area contributed by atoms with Gasteiger partial charge in [0.15, 0.2) is 16.5 Å². The lowest BCUT2D eigenvalue weighted by Crippen LogP contribution is -2.34. The second-order valence-corrected chi connectivity index (χ2v) is 5.48. The van der Waals surface area contributed by atoms with Crippen LogP contribution >= 0.6 is 11.3 Å². The predicted octanol–water partition coefficient (Wildman–Crippen LogP) is 1.31. The summed E-state index contributed by atoms with van der Waals surface area (Å²) in [6.45, 7) is 2.10. The van der Waals surface area contributed by atoms with Crippen molar-refractivity contribution in [3.63, 3.8) is 0 Å². The smallest absolute Gasteiger partial charge is 0.356 e. The molecule has 4 heterocycles. The van der Waals surface area contributed by atoms with E-state index in [2.05, 4.69) is 14.5 Å². The van der Waals surface area contributed by atoms with Gasteiger partial charge in [-0.25, -0.2) is 14.8 Å². The Morgan fingerprint density at radius 3 is 3.10 bits per heavy atom. The maximum Gasteiger partial charge on any atom is 0.356 e. The lowest BCUT2D eigenvalue weighted by Gasteiger charge is -2.28. The van der Waals surface area contributed by atoms with Gasteiger partial charge in [-0.2, -0.15) is 0 Å². The van der Waals surface area contributed by atoms with E-state index in [1.807, 2.05) is 16.5 Å². The second kappa shape index (κ2) is 4.07. The van der Waals surface area contributed by atoms with Gasteiger partial charge in [-0.1, -0.05) is 0 Å². The minimum atomic E-state index is -0.959. The molecule has 0 aliphatic carbocycles. The van der Waals surface area contributed by atoms with Gasteiger partial charge in [-0.05, 0) is 0 Å². The summed E-state index contributed by atoms with van der Waals surface area (Å²) in [5.41, 5.74) is 0.223. The summed E-state index contributed by atoms with van der Waals surface area (Å²) in [4.78, 5) is 23.0. The molecule has 1 N–H and O–H groups in total. The number of carboxylic acid groups (broad SMARTS) is 1. The number of aromatic carboxylic acids is 1. The Balaban J connectivity index is 1.81. The number of rotatable bonds is 2. The molecule has 7 nitrogen and oxygen atoms in total. The Morgan fingerprint density at radius 2 is 2.25 bits per heavy atom. The summed E-state index contributed by atoms with van der Waals surface area (Å²) < 4.78 is 3.71. The zero-order valence-electron chi connectivity index (χ0n) is 10.4. The molecule has 0 bridgehead atoms. The average molecular weight is 289 g/mol. The van der Waals surface area contributed by atoms with E-state index in [0.717, 1.165) is 18.9 Å². The minimum Gasteiger partial charge on any atom is -0.476 e. The Hall–Kier alpha value is -2.35. The van der Waals surface area contributed by atoms with Crippen LogP contribution in [0.1, 0.15) is 16.3 Å². The molecule has 1 aliphatic heterocycles. The van der Waals surface area contributed by atoms with Crippen molar-refractivity contribution in [2.45, 2.75) is 13.1 Å². The third kappa shape index (κ3) is 1.54. The van der Waals surface area contributed by atoms with E-state index in [1.165, 1.54) is 11.3 Å². The number of aromatic nitrogens is 4. The maximum absolute atomic E-state index is 11.5. The van der Waals surface area contributed by atoms with Crippen LogP contribution in [-0.2, 0) is 13.1 Å². The van der Waals surface area contributed by atoms with Gasteiger partial charge in [0.1, 0.15) is 5.82 Å². The highest BCUT2D eigenvalue weighted by Gasteiger charge is 2.26. The average Bonchev–Trinajstić information content (AvgIpc) is 3.11. The molecule has 0 saturated heterocycles. The van der Waals surface area contributed by atoms with Crippen molar-refractivity contribution in [2.24, 2.45) is 0 Å². The second-order valence-electron chi connectivity index (χ2n) is 4.60. The monoisotopic (exact) mass is 289 g/mol. The first kappa shape index (κ1) is 11.5. The van der Waals surface area contributed by atoms with Crippen LogP contribution in [0.4, 0.5) is 5.82 Å². The molecule has 102 valence electrons. The van der Waals surface area contributed by atoms with E-state index < -0.39 is 5.97 Å². The van der Waals surface area contributed by atoms with Gasteiger partial charge in [-0.3, -0.25) is 4.40 Å². The molecule has 0 unspecified atom stereocenters. The molecule has 0 amide bonds. The Kier molecular flexibility index (Phi) is 2.34. The SMILES string of the molecule is O=C(O)c1c(N2CCn3ccnc3C2)nc2sccn12. The highest BCUT2D eigenvalue weighted by molar-refractivity contribution is 7.15. The number of fused-ring (bicyclic) bond motifs is 2. The molecular weight excluding hydrogens is 278 g/mol. The van der Waals surface area contributed by atoms with E-state index in [9.17, 15) is 9.90 Å². The van der Waals surface area contributed by atoms with E-state index in [4.69, 9.17) is 0 Å². The molecule has 0 spiro atoms. The number of carboxylic acids is 1. The van der Waals surface area contributed by atoms with Crippen molar-refractivity contribution in [1.82, 2.24) is 18.9 Å². The molecule has 0 fully saturated rings. The molecule has 0 atom stereocenters. The molecule has 4 rings (SSSR count). The lowest BCUT2D eigenvalue weighted by atomic mass is 10.3. The Labute approximate surface area is 117 Å². The van der Waals surface area contributed by atoms with Crippen molar-refractivity contribution in [1.29, 1.82) is 0 Å². The number of hydrogen-bond donors (Lipinski definition) is 1. The number of carbonyl (C=O) groups is 1. The highest BCUT2D eigenvalue weighted by Crippen LogP contribution is 2.27. The van der Waals surface area contributed by atoms with Gasteiger partial charge < -0.3 is 14.6 Å². The zero-order valence-corrected chi connectivity index (χ0v) is 11.2. The van der Waals surface area contributed by atoms with Gasteiger partial charge in [0.05, 0.1) is 6.54 Å². The molecule has 0 aromatic carbocycles. The molecule has 0 saturated carbocycles. The Bertz CT molecular complexity index is 802. The third-order valence-electron chi connectivity index (χ3n) is 3.49.